The molecule has 0 heterocycles. The number of nitrogen functional groups attached to an aromatic ring is 1. The number of hydrogen-bond donors (Lipinski definition) is 2. The van der Waals surface area contributed by atoms with Crippen LogP contribution >= 0.6 is 11.8 Å². The highest BCUT2D eigenvalue weighted by Crippen LogP contribution is 2.29. The Morgan fingerprint density at radius 1 is 1.17 bits per heavy atom. The fourth-order valence-electron chi connectivity index (χ4n) is 1.71. The second-order valence-corrected chi connectivity index (χ2v) is 5.34. The molecule has 3 heteroatoms. The Labute approximate surface area is 112 Å². The quantitative estimate of drug-likeness (QED) is 0.653. The van der Waals surface area contributed by atoms with Crippen LogP contribution in [0.2, 0.25) is 0 Å². The van der Waals surface area contributed by atoms with Crippen LogP contribution in [0.25, 0.3) is 0 Å². The smallest absolute Gasteiger partial charge is 0.0883 e. The lowest BCUT2D eigenvalue weighted by molar-refractivity contribution is 0.204. The van der Waals surface area contributed by atoms with E-state index in [9.17, 15) is 5.11 Å². The Morgan fingerprint density at radius 3 is 2.61 bits per heavy atom. The molecule has 2 aromatic rings. The molecular formula is C15H17NOS. The molecule has 18 heavy (non-hydrogen) atoms. The first-order valence-electron chi connectivity index (χ1n) is 5.89. The maximum Gasteiger partial charge on any atom is 0.0883 e. The van der Waals surface area contributed by atoms with Gasteiger partial charge in [0.25, 0.3) is 0 Å². The van der Waals surface area contributed by atoms with Crippen molar-refractivity contribution in [3.63, 3.8) is 0 Å². The Balaban J connectivity index is 2.01. The van der Waals surface area contributed by atoms with Gasteiger partial charge in [-0.1, -0.05) is 36.4 Å². The molecule has 0 saturated heterocycles. The Kier molecular flexibility index (Phi) is 4.28. The van der Waals surface area contributed by atoms with E-state index in [0.717, 1.165) is 16.1 Å². The Morgan fingerprint density at radius 2 is 1.89 bits per heavy atom. The van der Waals surface area contributed by atoms with Crippen molar-refractivity contribution in [3.8, 4) is 0 Å². The van der Waals surface area contributed by atoms with Crippen molar-refractivity contribution in [2.75, 3.05) is 11.5 Å². The summed E-state index contributed by atoms with van der Waals surface area (Å²) < 4.78 is 0. The van der Waals surface area contributed by atoms with Crippen molar-refractivity contribution >= 4 is 17.4 Å². The van der Waals surface area contributed by atoms with Crippen LogP contribution in [0.4, 0.5) is 5.69 Å². The summed E-state index contributed by atoms with van der Waals surface area (Å²) in [5.41, 5.74) is 8.80. The minimum atomic E-state index is -0.462. The van der Waals surface area contributed by atoms with E-state index in [4.69, 9.17) is 5.73 Å². The van der Waals surface area contributed by atoms with Gasteiger partial charge in [0.2, 0.25) is 0 Å². The average molecular weight is 259 g/mol. The highest BCUT2D eigenvalue weighted by Gasteiger charge is 2.09. The van der Waals surface area contributed by atoms with Gasteiger partial charge in [-0.15, -0.1) is 11.8 Å². The number of nitrogens with two attached hydrogens (primary N) is 1. The van der Waals surface area contributed by atoms with Crippen LogP contribution in [0.15, 0.2) is 53.4 Å². The van der Waals surface area contributed by atoms with E-state index in [1.165, 1.54) is 5.56 Å². The van der Waals surface area contributed by atoms with E-state index in [1.807, 2.05) is 49.4 Å². The number of benzene rings is 2. The fraction of sp³-hybridized carbons (Fsp3) is 0.200. The van der Waals surface area contributed by atoms with Gasteiger partial charge < -0.3 is 10.8 Å². The number of aryl methyl sites for hydroxylation is 1. The third-order valence-electron chi connectivity index (χ3n) is 2.75. The van der Waals surface area contributed by atoms with Crippen molar-refractivity contribution in [1.29, 1.82) is 0 Å². The number of rotatable bonds is 4. The summed E-state index contributed by atoms with van der Waals surface area (Å²) in [6.07, 6.45) is -0.462. The topological polar surface area (TPSA) is 46.2 Å². The maximum absolute atomic E-state index is 10.1. The molecule has 2 nitrogen and oxygen atoms in total. The van der Waals surface area contributed by atoms with Gasteiger partial charge in [-0.05, 0) is 30.2 Å². The molecular weight excluding hydrogens is 242 g/mol. The number of thioether (sulfide) groups is 1. The first-order chi connectivity index (χ1) is 8.66. The van der Waals surface area contributed by atoms with E-state index in [0.29, 0.717) is 5.75 Å². The Hall–Kier alpha value is -1.45. The largest absolute Gasteiger partial charge is 0.398 e. The number of hydrogen-bond acceptors (Lipinski definition) is 3. The molecule has 2 aromatic carbocycles. The number of aliphatic hydroxyl groups is 1. The summed E-state index contributed by atoms with van der Waals surface area (Å²) >= 11 is 1.59. The van der Waals surface area contributed by atoms with Crippen LogP contribution in [0.1, 0.15) is 17.2 Å². The lowest BCUT2D eigenvalue weighted by Gasteiger charge is -2.12. The summed E-state index contributed by atoms with van der Waals surface area (Å²) in [5, 5.41) is 10.1. The molecule has 3 N–H and O–H groups in total. The van der Waals surface area contributed by atoms with Gasteiger partial charge in [0.15, 0.2) is 0 Å². The summed E-state index contributed by atoms with van der Waals surface area (Å²) in [4.78, 5) is 1.03. The van der Waals surface area contributed by atoms with E-state index >= 15 is 0 Å². The van der Waals surface area contributed by atoms with Crippen molar-refractivity contribution in [2.45, 2.75) is 17.9 Å². The Bertz CT molecular complexity index is 513. The van der Waals surface area contributed by atoms with Gasteiger partial charge in [0.1, 0.15) is 0 Å². The van der Waals surface area contributed by atoms with Gasteiger partial charge in [-0.2, -0.15) is 0 Å². The highest BCUT2D eigenvalue weighted by atomic mass is 32.2. The van der Waals surface area contributed by atoms with Gasteiger partial charge in [-0.3, -0.25) is 0 Å². The van der Waals surface area contributed by atoms with Crippen LogP contribution in [0, 0.1) is 6.92 Å². The predicted octanol–water partition coefficient (Wildman–Crippen LogP) is 3.40. The maximum atomic E-state index is 10.1. The first-order valence-corrected chi connectivity index (χ1v) is 6.87. The first kappa shape index (κ1) is 13.0. The minimum absolute atomic E-state index is 0.462. The average Bonchev–Trinajstić information content (AvgIpc) is 2.40. The van der Waals surface area contributed by atoms with Gasteiger partial charge in [-0.25, -0.2) is 0 Å². The summed E-state index contributed by atoms with van der Waals surface area (Å²) in [6, 6.07) is 15.6. The number of anilines is 1. The van der Waals surface area contributed by atoms with E-state index in [2.05, 4.69) is 6.07 Å². The highest BCUT2D eigenvalue weighted by molar-refractivity contribution is 7.99. The molecule has 0 fully saturated rings. The van der Waals surface area contributed by atoms with Crippen LogP contribution in [-0.2, 0) is 0 Å². The summed E-state index contributed by atoms with van der Waals surface area (Å²) in [5.74, 6) is 0.609. The molecule has 0 aliphatic rings. The second kappa shape index (κ2) is 5.94. The fourth-order valence-corrected chi connectivity index (χ4v) is 2.74. The molecule has 0 spiro atoms. The van der Waals surface area contributed by atoms with E-state index in [-0.39, 0.29) is 0 Å². The lowest BCUT2D eigenvalue weighted by atomic mass is 10.1. The third-order valence-corrected chi connectivity index (χ3v) is 3.90. The van der Waals surface area contributed by atoms with Crippen LogP contribution < -0.4 is 5.73 Å². The van der Waals surface area contributed by atoms with Crippen LogP contribution in [0.3, 0.4) is 0 Å². The third kappa shape index (κ3) is 3.28. The molecule has 1 atom stereocenters. The monoisotopic (exact) mass is 259 g/mol. The summed E-state index contributed by atoms with van der Waals surface area (Å²) in [7, 11) is 0. The molecule has 94 valence electrons. The van der Waals surface area contributed by atoms with Gasteiger partial charge in [0, 0.05) is 16.3 Å². The predicted molar refractivity (Wildman–Crippen MR) is 77.7 cm³/mol. The number of aliphatic hydroxyl groups excluding tert-OH is 1. The standard InChI is InChI=1S/C15H17NOS/c1-11-7-8-13(16)15(9-11)18-10-14(17)12-5-3-2-4-6-12/h2-9,14,17H,10,16H2,1H3. The van der Waals surface area contributed by atoms with Crippen molar-refractivity contribution in [3.05, 3.63) is 59.7 Å². The van der Waals surface area contributed by atoms with Crippen LogP contribution in [0.5, 0.6) is 0 Å². The zero-order valence-electron chi connectivity index (χ0n) is 10.3. The SMILES string of the molecule is Cc1ccc(N)c(SCC(O)c2ccccc2)c1. The van der Waals surface area contributed by atoms with E-state index < -0.39 is 6.10 Å². The zero-order valence-corrected chi connectivity index (χ0v) is 11.2. The minimum Gasteiger partial charge on any atom is -0.398 e. The van der Waals surface area contributed by atoms with E-state index in [1.54, 1.807) is 11.8 Å². The normalized spacial score (nSPS) is 12.3. The molecule has 0 amide bonds. The second-order valence-electron chi connectivity index (χ2n) is 4.28. The van der Waals surface area contributed by atoms with Crippen molar-refractivity contribution in [2.24, 2.45) is 0 Å². The molecule has 0 saturated carbocycles. The molecule has 0 aliphatic heterocycles. The molecule has 0 aromatic heterocycles. The lowest BCUT2D eigenvalue weighted by Crippen LogP contribution is -2.00. The molecule has 2 rings (SSSR count). The molecule has 0 radical (unpaired) electrons. The summed E-state index contributed by atoms with van der Waals surface area (Å²) in [6.45, 7) is 2.04. The molecule has 1 unspecified atom stereocenters. The zero-order chi connectivity index (χ0) is 13.0. The molecule has 0 aliphatic carbocycles. The van der Waals surface area contributed by atoms with Crippen LogP contribution in [-0.4, -0.2) is 10.9 Å². The molecule has 0 bridgehead atoms. The van der Waals surface area contributed by atoms with Gasteiger partial charge >= 0.3 is 0 Å². The van der Waals surface area contributed by atoms with Gasteiger partial charge in [0.05, 0.1) is 6.10 Å². The van der Waals surface area contributed by atoms with Crippen molar-refractivity contribution in [1.82, 2.24) is 0 Å². The van der Waals surface area contributed by atoms with Crippen molar-refractivity contribution < 1.29 is 5.11 Å².